The van der Waals surface area contributed by atoms with Gasteiger partial charge >= 0.3 is 0 Å². The number of carbonyl (C=O) groups is 2. The van der Waals surface area contributed by atoms with E-state index in [1.54, 1.807) is 0 Å². The minimum Gasteiger partial charge on any atom is -0.343 e. The van der Waals surface area contributed by atoms with Crippen LogP contribution in [0.4, 0.5) is 0 Å². The Morgan fingerprint density at radius 1 is 1.13 bits per heavy atom. The first kappa shape index (κ1) is 20.0. The van der Waals surface area contributed by atoms with Gasteiger partial charge in [-0.2, -0.15) is 0 Å². The molecule has 1 heterocycles. The second-order valence-corrected chi connectivity index (χ2v) is 8.14. The van der Waals surface area contributed by atoms with E-state index in [4.69, 9.17) is 0 Å². The fourth-order valence-corrected chi connectivity index (χ4v) is 3.28. The maximum Gasteiger partial charge on any atom is 0.225 e. The largest absolute Gasteiger partial charge is 0.343 e. The van der Waals surface area contributed by atoms with Gasteiger partial charge in [-0.15, -0.1) is 0 Å². The minimum absolute atomic E-state index is 0.0443. The molecule has 0 aromatic rings. The van der Waals surface area contributed by atoms with E-state index in [0.29, 0.717) is 30.1 Å². The van der Waals surface area contributed by atoms with E-state index < -0.39 is 0 Å². The second-order valence-electron chi connectivity index (χ2n) is 8.14. The topological polar surface area (TPSA) is 40.6 Å². The quantitative estimate of drug-likeness (QED) is 0.720. The first-order valence-electron chi connectivity index (χ1n) is 9.17. The molecule has 4 nitrogen and oxygen atoms in total. The molecule has 0 bridgehead atoms. The summed E-state index contributed by atoms with van der Waals surface area (Å²) in [6.45, 7) is 14.2. The third-order valence-corrected chi connectivity index (χ3v) is 5.29. The van der Waals surface area contributed by atoms with Gasteiger partial charge < -0.3 is 9.80 Å². The van der Waals surface area contributed by atoms with Crippen LogP contribution in [0, 0.1) is 23.7 Å². The number of hydrogen-bond acceptors (Lipinski definition) is 2. The predicted molar refractivity (Wildman–Crippen MR) is 95.0 cm³/mol. The molecule has 1 rings (SSSR count). The lowest BCUT2D eigenvalue weighted by molar-refractivity contribution is -0.137. The summed E-state index contributed by atoms with van der Waals surface area (Å²) >= 11 is 0. The van der Waals surface area contributed by atoms with Crippen molar-refractivity contribution in [3.05, 3.63) is 0 Å². The second kappa shape index (κ2) is 8.70. The van der Waals surface area contributed by atoms with Gasteiger partial charge in [0.15, 0.2) is 0 Å². The predicted octanol–water partition coefficient (Wildman–Crippen LogP) is 3.41. The van der Waals surface area contributed by atoms with Crippen LogP contribution in [0.5, 0.6) is 0 Å². The van der Waals surface area contributed by atoms with Gasteiger partial charge in [0.2, 0.25) is 11.8 Å². The molecule has 0 N–H and O–H groups in total. The molecule has 0 aromatic carbocycles. The van der Waals surface area contributed by atoms with E-state index in [1.807, 2.05) is 37.6 Å². The molecule has 3 atom stereocenters. The lowest BCUT2D eigenvalue weighted by Gasteiger charge is -2.29. The Hall–Kier alpha value is -1.06. The highest BCUT2D eigenvalue weighted by molar-refractivity contribution is 5.78. The van der Waals surface area contributed by atoms with Crippen LogP contribution >= 0.6 is 0 Å². The molecule has 3 unspecified atom stereocenters. The molecule has 2 amide bonds. The highest BCUT2D eigenvalue weighted by atomic mass is 16.2. The number of nitrogens with zero attached hydrogens (tertiary/aromatic N) is 2. The SMILES string of the molecule is CC(C)CC(=O)N1CCC(CC(C)C(C)C(=O)N(C)C(C)C)C1. The van der Waals surface area contributed by atoms with Crippen LogP contribution in [0.1, 0.15) is 60.8 Å². The third kappa shape index (κ3) is 5.82. The van der Waals surface area contributed by atoms with Gasteiger partial charge in [-0.25, -0.2) is 0 Å². The van der Waals surface area contributed by atoms with Crippen molar-refractivity contribution < 1.29 is 9.59 Å². The lowest BCUT2D eigenvalue weighted by atomic mass is 9.85. The summed E-state index contributed by atoms with van der Waals surface area (Å²) in [5.41, 5.74) is 0. The average molecular weight is 325 g/mol. The van der Waals surface area contributed by atoms with Gasteiger partial charge in [-0.05, 0) is 44.4 Å². The minimum atomic E-state index is 0.0443. The van der Waals surface area contributed by atoms with E-state index >= 15 is 0 Å². The van der Waals surface area contributed by atoms with E-state index in [0.717, 1.165) is 25.9 Å². The van der Waals surface area contributed by atoms with E-state index in [1.165, 1.54) is 0 Å². The number of likely N-dealkylation sites (tertiary alicyclic amines) is 1. The molecule has 1 aliphatic heterocycles. The smallest absolute Gasteiger partial charge is 0.225 e. The van der Waals surface area contributed by atoms with Crippen LogP contribution in [0.3, 0.4) is 0 Å². The van der Waals surface area contributed by atoms with Crippen molar-refractivity contribution in [1.29, 1.82) is 0 Å². The summed E-state index contributed by atoms with van der Waals surface area (Å²) in [4.78, 5) is 28.5. The number of amides is 2. The van der Waals surface area contributed by atoms with Crippen LogP contribution in [0.2, 0.25) is 0 Å². The maximum absolute atomic E-state index is 12.5. The summed E-state index contributed by atoms with van der Waals surface area (Å²) in [5, 5.41) is 0. The molecule has 134 valence electrons. The third-order valence-electron chi connectivity index (χ3n) is 5.29. The van der Waals surface area contributed by atoms with E-state index in [-0.39, 0.29) is 17.9 Å². The molecule has 0 radical (unpaired) electrons. The van der Waals surface area contributed by atoms with Crippen molar-refractivity contribution in [2.75, 3.05) is 20.1 Å². The van der Waals surface area contributed by atoms with Gasteiger partial charge in [0, 0.05) is 38.5 Å². The molecule has 0 aliphatic carbocycles. The first-order valence-corrected chi connectivity index (χ1v) is 9.17. The fraction of sp³-hybridized carbons (Fsp3) is 0.895. The number of rotatable bonds is 7. The molecule has 0 saturated carbocycles. The van der Waals surface area contributed by atoms with Crippen molar-refractivity contribution in [2.24, 2.45) is 23.7 Å². The van der Waals surface area contributed by atoms with E-state index in [2.05, 4.69) is 20.8 Å². The van der Waals surface area contributed by atoms with Crippen LogP contribution in [-0.4, -0.2) is 47.8 Å². The maximum atomic E-state index is 12.5. The van der Waals surface area contributed by atoms with Gasteiger partial charge in [-0.3, -0.25) is 9.59 Å². The molecule has 0 aromatic heterocycles. The zero-order valence-electron chi connectivity index (χ0n) is 16.1. The van der Waals surface area contributed by atoms with Crippen LogP contribution in [0.15, 0.2) is 0 Å². The molecule has 0 spiro atoms. The Balaban J connectivity index is 2.48. The van der Waals surface area contributed by atoms with Gasteiger partial charge in [-0.1, -0.05) is 27.7 Å². The summed E-state index contributed by atoms with van der Waals surface area (Å²) in [5.74, 6) is 1.89. The summed E-state index contributed by atoms with van der Waals surface area (Å²) < 4.78 is 0. The number of carbonyl (C=O) groups excluding carboxylic acids is 2. The average Bonchev–Trinajstić information content (AvgIpc) is 2.92. The van der Waals surface area contributed by atoms with Crippen molar-refractivity contribution in [2.45, 2.75) is 66.8 Å². The fourth-order valence-electron chi connectivity index (χ4n) is 3.28. The van der Waals surface area contributed by atoms with Gasteiger partial charge in [0.1, 0.15) is 0 Å². The van der Waals surface area contributed by atoms with Crippen molar-refractivity contribution in [3.8, 4) is 0 Å². The Bertz CT molecular complexity index is 406. The monoisotopic (exact) mass is 324 g/mol. The van der Waals surface area contributed by atoms with Gasteiger partial charge in [0.25, 0.3) is 0 Å². The zero-order chi connectivity index (χ0) is 17.7. The molecule has 23 heavy (non-hydrogen) atoms. The Kier molecular flexibility index (Phi) is 7.56. The molecular formula is C19H36N2O2. The summed E-state index contributed by atoms with van der Waals surface area (Å²) in [6.07, 6.45) is 2.76. The van der Waals surface area contributed by atoms with Crippen LogP contribution in [-0.2, 0) is 9.59 Å². The van der Waals surface area contributed by atoms with Crippen LogP contribution < -0.4 is 0 Å². The molecule has 1 fully saturated rings. The Morgan fingerprint density at radius 3 is 2.26 bits per heavy atom. The molecule has 1 aliphatic rings. The molecular weight excluding hydrogens is 288 g/mol. The van der Waals surface area contributed by atoms with Gasteiger partial charge in [0.05, 0.1) is 0 Å². The standard InChI is InChI=1S/C19H36N2O2/c1-13(2)10-18(22)21-9-8-17(12-21)11-15(5)16(6)19(23)20(7)14(3)4/h13-17H,8-12H2,1-7H3. The van der Waals surface area contributed by atoms with Crippen LogP contribution in [0.25, 0.3) is 0 Å². The van der Waals surface area contributed by atoms with Crippen molar-refractivity contribution >= 4 is 11.8 Å². The normalized spacial score (nSPS) is 20.9. The van der Waals surface area contributed by atoms with E-state index in [9.17, 15) is 9.59 Å². The Morgan fingerprint density at radius 2 is 1.74 bits per heavy atom. The van der Waals surface area contributed by atoms with Crippen molar-refractivity contribution in [3.63, 3.8) is 0 Å². The zero-order valence-corrected chi connectivity index (χ0v) is 16.1. The molecule has 1 saturated heterocycles. The summed E-state index contributed by atoms with van der Waals surface area (Å²) in [7, 11) is 1.89. The first-order chi connectivity index (χ1) is 10.6. The van der Waals surface area contributed by atoms with Crippen molar-refractivity contribution in [1.82, 2.24) is 9.80 Å². The molecule has 4 heteroatoms. The lowest BCUT2D eigenvalue weighted by Crippen LogP contribution is -2.39. The number of hydrogen-bond donors (Lipinski definition) is 0. The highest BCUT2D eigenvalue weighted by Gasteiger charge is 2.31. The highest BCUT2D eigenvalue weighted by Crippen LogP contribution is 2.28. The summed E-state index contributed by atoms with van der Waals surface area (Å²) in [6, 6.07) is 0.243. The Labute approximate surface area is 142 Å².